The van der Waals surface area contributed by atoms with Gasteiger partial charge in [0.15, 0.2) is 11.0 Å². The van der Waals surface area contributed by atoms with Crippen molar-refractivity contribution in [3.05, 3.63) is 54.4 Å². The number of quaternary nitrogens is 1. The number of nitrogens with zero attached hydrogens (tertiary/aromatic N) is 4. The molecule has 0 bridgehead atoms. The standard InChI is InChI=1S/C23H26N6/c1-27-20-11-5-3-9-18(20)25-22(27)17-24-23-26-19-10-4-6-12-21(19)29(23)16-15-28-13-7-2-8-14-28/h3-6,9-12,17H,2,7-8,13-16H2,1H3/p+2. The molecule has 0 spiro atoms. The molecule has 0 amide bonds. The highest BCUT2D eigenvalue weighted by Crippen LogP contribution is 2.21. The van der Waals surface area contributed by atoms with Gasteiger partial charge in [-0.05, 0) is 43.5 Å². The summed E-state index contributed by atoms with van der Waals surface area (Å²) in [5.74, 6) is 1.74. The van der Waals surface area contributed by atoms with E-state index in [4.69, 9.17) is 9.98 Å². The van der Waals surface area contributed by atoms with Crippen molar-refractivity contribution in [2.24, 2.45) is 12.0 Å². The van der Waals surface area contributed by atoms with Gasteiger partial charge in [0.2, 0.25) is 5.95 Å². The summed E-state index contributed by atoms with van der Waals surface area (Å²) in [5.41, 5.74) is 4.45. The molecule has 4 aromatic rings. The van der Waals surface area contributed by atoms with Crippen LogP contribution in [-0.4, -0.2) is 40.4 Å². The molecule has 0 aliphatic carbocycles. The zero-order valence-electron chi connectivity index (χ0n) is 16.9. The van der Waals surface area contributed by atoms with Crippen LogP contribution in [0, 0.1) is 0 Å². The van der Waals surface area contributed by atoms with Crippen molar-refractivity contribution in [3.8, 4) is 0 Å². The van der Waals surface area contributed by atoms with Crippen LogP contribution in [0.15, 0.2) is 53.5 Å². The number of fused-ring (bicyclic) bond motifs is 2. The first kappa shape index (κ1) is 18.1. The van der Waals surface area contributed by atoms with Gasteiger partial charge in [-0.1, -0.05) is 24.3 Å². The Morgan fingerprint density at radius 1 is 1.10 bits per heavy atom. The molecular formula is C23H28N6+2. The molecule has 1 aliphatic rings. The number of rotatable bonds is 5. The van der Waals surface area contributed by atoms with Crippen molar-refractivity contribution < 1.29 is 9.47 Å². The Morgan fingerprint density at radius 3 is 2.76 bits per heavy atom. The molecule has 6 heteroatoms. The van der Waals surface area contributed by atoms with Gasteiger partial charge >= 0.3 is 0 Å². The van der Waals surface area contributed by atoms with Gasteiger partial charge in [0.05, 0.1) is 44.3 Å². The van der Waals surface area contributed by atoms with E-state index in [1.54, 1.807) is 4.90 Å². The number of H-pyrrole nitrogens is 1. The van der Waals surface area contributed by atoms with Crippen molar-refractivity contribution in [1.29, 1.82) is 0 Å². The number of likely N-dealkylation sites (tertiary alicyclic amines) is 1. The number of para-hydroxylation sites is 4. The fourth-order valence-electron chi connectivity index (χ4n) is 4.41. The van der Waals surface area contributed by atoms with Gasteiger partial charge in [-0.15, -0.1) is 0 Å². The lowest BCUT2D eigenvalue weighted by Gasteiger charge is -2.23. The number of aryl methyl sites for hydroxylation is 1. The number of aromatic nitrogens is 4. The number of aromatic amines is 1. The van der Waals surface area contributed by atoms with E-state index >= 15 is 0 Å². The average molecular weight is 389 g/mol. The van der Waals surface area contributed by atoms with Crippen LogP contribution in [0.25, 0.3) is 22.1 Å². The summed E-state index contributed by atoms with van der Waals surface area (Å²) in [6.07, 6.45) is 5.98. The van der Waals surface area contributed by atoms with Gasteiger partial charge < -0.3 is 9.47 Å². The highest BCUT2D eigenvalue weighted by molar-refractivity contribution is 5.83. The van der Waals surface area contributed by atoms with E-state index < -0.39 is 0 Å². The third kappa shape index (κ3) is 3.56. The number of benzene rings is 2. The smallest absolute Gasteiger partial charge is 0.298 e. The molecule has 0 unspecified atom stereocenters. The predicted molar refractivity (Wildman–Crippen MR) is 116 cm³/mol. The average Bonchev–Trinajstić information content (AvgIpc) is 3.29. The minimum Gasteiger partial charge on any atom is -0.333 e. The van der Waals surface area contributed by atoms with Crippen LogP contribution in [0.4, 0.5) is 5.95 Å². The predicted octanol–water partition coefficient (Wildman–Crippen LogP) is 2.16. The minimum atomic E-state index is 0.779. The van der Waals surface area contributed by atoms with Crippen LogP contribution in [0.2, 0.25) is 0 Å². The highest BCUT2D eigenvalue weighted by atomic mass is 15.2. The molecule has 0 radical (unpaired) electrons. The zero-order valence-corrected chi connectivity index (χ0v) is 16.9. The van der Waals surface area contributed by atoms with E-state index in [2.05, 4.69) is 57.6 Å². The zero-order chi connectivity index (χ0) is 19.6. The molecule has 2 aromatic heterocycles. The Hall–Kier alpha value is -2.99. The second-order valence-corrected chi connectivity index (χ2v) is 7.96. The largest absolute Gasteiger partial charge is 0.333 e. The normalized spacial score (nSPS) is 15.8. The lowest BCUT2D eigenvalue weighted by atomic mass is 10.1. The van der Waals surface area contributed by atoms with Crippen molar-refractivity contribution in [3.63, 3.8) is 0 Å². The first-order valence-corrected chi connectivity index (χ1v) is 10.6. The van der Waals surface area contributed by atoms with Crippen LogP contribution in [0.3, 0.4) is 0 Å². The number of piperidine rings is 1. The van der Waals surface area contributed by atoms with Crippen molar-refractivity contribution in [1.82, 2.24) is 14.5 Å². The summed E-state index contributed by atoms with van der Waals surface area (Å²) in [4.78, 5) is 14.8. The van der Waals surface area contributed by atoms with Crippen LogP contribution < -0.4 is 9.47 Å². The Labute approximate surface area is 170 Å². The van der Waals surface area contributed by atoms with Crippen LogP contribution >= 0.6 is 0 Å². The Balaban J connectivity index is 1.46. The molecule has 29 heavy (non-hydrogen) atoms. The second-order valence-electron chi connectivity index (χ2n) is 7.96. The molecule has 1 saturated heterocycles. The van der Waals surface area contributed by atoms with Gasteiger partial charge in [0.25, 0.3) is 5.82 Å². The highest BCUT2D eigenvalue weighted by Gasteiger charge is 2.17. The maximum Gasteiger partial charge on any atom is 0.298 e. The summed E-state index contributed by atoms with van der Waals surface area (Å²) in [5, 5.41) is 0. The van der Waals surface area contributed by atoms with E-state index in [-0.39, 0.29) is 0 Å². The van der Waals surface area contributed by atoms with Gasteiger partial charge in [-0.25, -0.2) is 19.5 Å². The molecule has 3 heterocycles. The Kier molecular flexibility index (Phi) is 4.86. The summed E-state index contributed by atoms with van der Waals surface area (Å²) < 4.78 is 4.40. The molecule has 5 rings (SSSR count). The minimum absolute atomic E-state index is 0.779. The Bertz CT molecular complexity index is 1160. The summed E-state index contributed by atoms with van der Waals surface area (Å²) in [6, 6.07) is 16.6. The van der Waals surface area contributed by atoms with Crippen LogP contribution in [0.1, 0.15) is 25.1 Å². The number of hydrogen-bond donors (Lipinski definition) is 2. The number of nitrogens with one attached hydrogen (secondary N) is 2. The number of aliphatic imine (C=N–C) groups is 1. The molecule has 2 aromatic carbocycles. The molecule has 1 fully saturated rings. The fourth-order valence-corrected chi connectivity index (χ4v) is 4.41. The third-order valence-corrected chi connectivity index (χ3v) is 6.08. The van der Waals surface area contributed by atoms with Crippen molar-refractivity contribution in [2.45, 2.75) is 25.8 Å². The third-order valence-electron chi connectivity index (χ3n) is 6.08. The molecule has 1 aliphatic heterocycles. The van der Waals surface area contributed by atoms with Crippen LogP contribution in [-0.2, 0) is 13.6 Å². The summed E-state index contributed by atoms with van der Waals surface area (Å²) in [6.45, 7) is 4.65. The van der Waals surface area contributed by atoms with Gasteiger partial charge in [0, 0.05) is 0 Å². The Morgan fingerprint density at radius 2 is 1.90 bits per heavy atom. The second kappa shape index (κ2) is 7.79. The molecule has 0 saturated carbocycles. The van der Waals surface area contributed by atoms with E-state index in [1.807, 2.05) is 18.3 Å². The quantitative estimate of drug-likeness (QED) is 0.400. The van der Waals surface area contributed by atoms with Gasteiger partial charge in [0.1, 0.15) is 6.21 Å². The van der Waals surface area contributed by atoms with Crippen molar-refractivity contribution in [2.75, 3.05) is 19.6 Å². The maximum absolute atomic E-state index is 4.81. The lowest BCUT2D eigenvalue weighted by Crippen LogP contribution is -3.13. The molecule has 0 atom stereocenters. The molecule has 148 valence electrons. The topological polar surface area (TPSA) is 54.3 Å². The van der Waals surface area contributed by atoms with E-state index in [1.165, 1.54) is 32.4 Å². The van der Waals surface area contributed by atoms with Gasteiger partial charge in [-0.3, -0.25) is 0 Å². The SMILES string of the molecule is C[n+]1c(C=Nc2nc3ccccc3n2CC[NH+]2CCCCC2)[nH]c2ccccc21. The van der Waals surface area contributed by atoms with Crippen molar-refractivity contribution >= 4 is 34.2 Å². The van der Waals surface area contributed by atoms with Crippen LogP contribution in [0.5, 0.6) is 0 Å². The number of hydrogen-bond acceptors (Lipinski definition) is 2. The van der Waals surface area contributed by atoms with E-state index in [0.717, 1.165) is 46.9 Å². The molecular weight excluding hydrogens is 360 g/mol. The lowest BCUT2D eigenvalue weighted by molar-refractivity contribution is -0.905. The van der Waals surface area contributed by atoms with E-state index in [0.29, 0.717) is 0 Å². The number of imidazole rings is 2. The monoisotopic (exact) mass is 388 g/mol. The summed E-state index contributed by atoms with van der Waals surface area (Å²) in [7, 11) is 2.06. The molecule has 6 nitrogen and oxygen atoms in total. The maximum atomic E-state index is 4.81. The fraction of sp³-hybridized carbons (Fsp3) is 0.348. The first-order chi connectivity index (χ1) is 14.3. The summed E-state index contributed by atoms with van der Waals surface area (Å²) >= 11 is 0. The van der Waals surface area contributed by atoms with E-state index in [9.17, 15) is 0 Å². The van der Waals surface area contributed by atoms with Gasteiger partial charge in [-0.2, -0.15) is 0 Å². The molecule has 2 N–H and O–H groups in total. The first-order valence-electron chi connectivity index (χ1n) is 10.6.